The highest BCUT2D eigenvalue weighted by Crippen LogP contribution is 2.45. The van der Waals surface area contributed by atoms with Crippen molar-refractivity contribution < 1.29 is 80.2 Å². The van der Waals surface area contributed by atoms with Crippen molar-refractivity contribution in [2.45, 2.75) is 374 Å². The monoisotopic (exact) mass is 1310 g/mol. The molecule has 0 bridgehead atoms. The summed E-state index contributed by atoms with van der Waals surface area (Å²) in [6.07, 6.45) is 47.3. The van der Waals surface area contributed by atoms with Crippen molar-refractivity contribution >= 4 is 39.5 Å². The average Bonchev–Trinajstić information content (AvgIpc) is 3.62. The third kappa shape index (κ3) is 64.6. The molecule has 0 radical (unpaired) electrons. The smallest absolute Gasteiger partial charge is 0.462 e. The number of hydrogen-bond donors (Lipinski definition) is 3. The van der Waals surface area contributed by atoms with Crippen molar-refractivity contribution in [3.8, 4) is 0 Å². The van der Waals surface area contributed by atoms with Crippen molar-refractivity contribution in [1.29, 1.82) is 0 Å². The van der Waals surface area contributed by atoms with Crippen LogP contribution in [-0.2, 0) is 65.4 Å². The molecule has 0 saturated carbocycles. The molecule has 0 aromatic carbocycles. The summed E-state index contributed by atoms with van der Waals surface area (Å²) in [7, 11) is -9.90. The van der Waals surface area contributed by atoms with Crippen LogP contribution in [0.5, 0.6) is 0 Å². The Morgan fingerprint density at radius 1 is 0.303 bits per heavy atom. The Balaban J connectivity index is 5.23. The second-order valence-electron chi connectivity index (χ2n) is 26.2. The van der Waals surface area contributed by atoms with Gasteiger partial charge in [-0.1, -0.05) is 305 Å². The summed E-state index contributed by atoms with van der Waals surface area (Å²) in [5.74, 6) is -0.659. The lowest BCUT2D eigenvalue weighted by molar-refractivity contribution is -0.161. The van der Waals surface area contributed by atoms with Gasteiger partial charge in [0.2, 0.25) is 0 Å². The number of aliphatic hydroxyl groups excluding tert-OH is 1. The van der Waals surface area contributed by atoms with Gasteiger partial charge in [-0.15, -0.1) is 0 Å². The highest BCUT2D eigenvalue weighted by Gasteiger charge is 2.30. The minimum absolute atomic E-state index is 0.103. The van der Waals surface area contributed by atoms with Crippen LogP contribution >= 0.6 is 15.6 Å². The van der Waals surface area contributed by atoms with Gasteiger partial charge in [-0.05, 0) is 37.5 Å². The quantitative estimate of drug-likeness (QED) is 0.0222. The number of phosphoric ester groups is 2. The molecular formula is C70H136O17P2. The van der Waals surface area contributed by atoms with E-state index in [-0.39, 0.29) is 25.7 Å². The highest BCUT2D eigenvalue weighted by molar-refractivity contribution is 7.47. The van der Waals surface area contributed by atoms with E-state index in [1.807, 2.05) is 0 Å². The zero-order chi connectivity index (χ0) is 65.7. The Hall–Kier alpha value is -1.94. The first kappa shape index (κ1) is 87.1. The summed E-state index contributed by atoms with van der Waals surface area (Å²) < 4.78 is 68.2. The number of aliphatic hydroxyl groups is 1. The van der Waals surface area contributed by atoms with E-state index >= 15 is 0 Å². The van der Waals surface area contributed by atoms with Gasteiger partial charge in [-0.3, -0.25) is 37.3 Å². The van der Waals surface area contributed by atoms with Crippen molar-refractivity contribution in [3.05, 3.63) is 0 Å². The van der Waals surface area contributed by atoms with Crippen LogP contribution in [0.1, 0.15) is 356 Å². The van der Waals surface area contributed by atoms with Gasteiger partial charge in [-0.2, -0.15) is 0 Å². The Labute approximate surface area is 543 Å². The van der Waals surface area contributed by atoms with Gasteiger partial charge in [-0.25, -0.2) is 9.13 Å². The van der Waals surface area contributed by atoms with Crippen molar-refractivity contribution in [2.24, 2.45) is 11.8 Å². The number of phosphoric acid groups is 2. The Morgan fingerprint density at radius 2 is 0.517 bits per heavy atom. The summed E-state index contributed by atoms with van der Waals surface area (Å²) in [5.41, 5.74) is 0. The topological polar surface area (TPSA) is 237 Å². The van der Waals surface area contributed by atoms with Crippen molar-refractivity contribution in [2.75, 3.05) is 39.6 Å². The number of carbonyl (C=O) groups excluding carboxylic acids is 4. The van der Waals surface area contributed by atoms with E-state index in [0.29, 0.717) is 31.6 Å². The van der Waals surface area contributed by atoms with E-state index < -0.39 is 97.5 Å². The molecule has 89 heavy (non-hydrogen) atoms. The molecule has 0 aliphatic heterocycles. The summed E-state index contributed by atoms with van der Waals surface area (Å²) in [6, 6.07) is 0. The molecule has 2 unspecified atom stereocenters. The Morgan fingerprint density at radius 3 is 0.764 bits per heavy atom. The van der Waals surface area contributed by atoms with E-state index in [1.54, 1.807) is 0 Å². The number of carbonyl (C=O) groups is 4. The van der Waals surface area contributed by atoms with Gasteiger partial charge < -0.3 is 33.8 Å². The molecular weight excluding hydrogens is 1170 g/mol. The molecule has 0 rings (SSSR count). The molecule has 0 aromatic heterocycles. The lowest BCUT2D eigenvalue weighted by Crippen LogP contribution is -2.30. The minimum atomic E-state index is -4.95. The van der Waals surface area contributed by atoms with Crippen LogP contribution in [0.2, 0.25) is 0 Å². The van der Waals surface area contributed by atoms with E-state index in [4.69, 9.17) is 37.0 Å². The number of rotatable bonds is 69. The third-order valence-corrected chi connectivity index (χ3v) is 18.1. The fourth-order valence-electron chi connectivity index (χ4n) is 10.6. The van der Waals surface area contributed by atoms with E-state index in [9.17, 15) is 43.2 Å². The number of unbranched alkanes of at least 4 members (excludes halogenated alkanes) is 39. The van der Waals surface area contributed by atoms with E-state index in [2.05, 4.69) is 41.5 Å². The maximum atomic E-state index is 13.0. The molecule has 0 spiro atoms. The predicted octanol–water partition coefficient (Wildman–Crippen LogP) is 20.0. The summed E-state index contributed by atoms with van der Waals surface area (Å²) in [4.78, 5) is 72.5. The molecule has 19 heteroatoms. The normalized spacial score (nSPS) is 14.1. The molecule has 0 aliphatic rings. The van der Waals surface area contributed by atoms with Gasteiger partial charge in [0.05, 0.1) is 26.4 Å². The highest BCUT2D eigenvalue weighted by atomic mass is 31.2. The fraction of sp³-hybridized carbons (Fsp3) is 0.943. The first-order valence-electron chi connectivity index (χ1n) is 36.5. The Bertz CT molecular complexity index is 1730. The molecule has 17 nitrogen and oxygen atoms in total. The summed E-state index contributed by atoms with van der Waals surface area (Å²) in [6.45, 7) is 9.48. The second kappa shape index (κ2) is 62.2. The number of esters is 4. The number of hydrogen-bond acceptors (Lipinski definition) is 15. The van der Waals surface area contributed by atoms with E-state index in [0.717, 1.165) is 95.8 Å². The molecule has 0 heterocycles. The standard InChI is InChI=1S/C70H136O17P2/c1-7-9-11-13-15-17-18-19-20-21-22-25-30-36-42-48-54-69(74)86-65(58-81-68(73)53-47-41-35-29-26-23-24-28-32-38-44-50-62(3)4)60-84-88(76,77)82-56-64(71)57-83-89(78,79)85-61-66(59-80-67(72)52-46-40-34-27-16-14-12-10-8-2)87-70(75)55-49-43-37-31-33-39-45-51-63(5)6/h62-66,71H,7-61H2,1-6H3,(H,76,77)(H,78,79)/t64-,65-,66-/m1/s1. The van der Waals surface area contributed by atoms with Crippen LogP contribution in [-0.4, -0.2) is 96.7 Å². The van der Waals surface area contributed by atoms with Crippen LogP contribution in [0.3, 0.4) is 0 Å². The first-order valence-corrected chi connectivity index (χ1v) is 39.5. The van der Waals surface area contributed by atoms with Crippen molar-refractivity contribution in [3.63, 3.8) is 0 Å². The van der Waals surface area contributed by atoms with Gasteiger partial charge in [0.1, 0.15) is 19.3 Å². The summed E-state index contributed by atoms with van der Waals surface area (Å²) in [5, 5.41) is 10.6. The van der Waals surface area contributed by atoms with E-state index in [1.165, 1.54) is 173 Å². The average molecular weight is 1310 g/mol. The molecule has 3 N–H and O–H groups in total. The predicted molar refractivity (Wildman–Crippen MR) is 358 cm³/mol. The van der Waals surface area contributed by atoms with Crippen LogP contribution in [0.25, 0.3) is 0 Å². The molecule has 528 valence electrons. The molecule has 0 saturated heterocycles. The molecule has 0 amide bonds. The molecule has 0 aliphatic carbocycles. The lowest BCUT2D eigenvalue weighted by Gasteiger charge is -2.21. The molecule has 5 atom stereocenters. The number of ether oxygens (including phenoxy) is 4. The zero-order valence-corrected chi connectivity index (χ0v) is 59.5. The maximum Gasteiger partial charge on any atom is 0.472 e. The maximum absolute atomic E-state index is 13.0. The Kier molecular flexibility index (Phi) is 60.8. The largest absolute Gasteiger partial charge is 0.472 e. The molecule has 0 aromatic rings. The van der Waals surface area contributed by atoms with Crippen LogP contribution in [0, 0.1) is 11.8 Å². The minimum Gasteiger partial charge on any atom is -0.462 e. The summed E-state index contributed by atoms with van der Waals surface area (Å²) >= 11 is 0. The van der Waals surface area contributed by atoms with Gasteiger partial charge in [0.15, 0.2) is 12.2 Å². The lowest BCUT2D eigenvalue weighted by atomic mass is 10.0. The van der Waals surface area contributed by atoms with Gasteiger partial charge >= 0.3 is 39.5 Å². The SMILES string of the molecule is CCCCCCCCCCCCCCCCCCC(=O)O[C@H](COC(=O)CCCCCCCCCCCCCC(C)C)COP(=O)(O)OC[C@@H](O)COP(=O)(O)OC[C@@H](COC(=O)CCCCCCCCCCC)OC(=O)CCCCCCCCCC(C)C. The van der Waals surface area contributed by atoms with Crippen LogP contribution in [0.15, 0.2) is 0 Å². The fourth-order valence-corrected chi connectivity index (χ4v) is 12.2. The van der Waals surface area contributed by atoms with Gasteiger partial charge in [0, 0.05) is 25.7 Å². The third-order valence-electron chi connectivity index (χ3n) is 16.2. The second-order valence-corrected chi connectivity index (χ2v) is 29.1. The first-order chi connectivity index (χ1) is 42.9. The molecule has 0 fully saturated rings. The zero-order valence-electron chi connectivity index (χ0n) is 57.7. The van der Waals surface area contributed by atoms with Crippen molar-refractivity contribution in [1.82, 2.24) is 0 Å². The van der Waals surface area contributed by atoms with Gasteiger partial charge in [0.25, 0.3) is 0 Å². The van der Waals surface area contributed by atoms with Crippen LogP contribution < -0.4 is 0 Å². The van der Waals surface area contributed by atoms with Crippen LogP contribution in [0.4, 0.5) is 0 Å².